The fourth-order valence-electron chi connectivity index (χ4n) is 2.23. The molecular weight excluding hydrogens is 330 g/mol. The monoisotopic (exact) mass is 343 g/mol. The lowest BCUT2D eigenvalue weighted by Crippen LogP contribution is -2.21. The Kier molecular flexibility index (Phi) is 4.13. The van der Waals surface area contributed by atoms with Crippen molar-refractivity contribution in [2.75, 3.05) is 12.4 Å². The third-order valence-corrected chi connectivity index (χ3v) is 4.47. The largest absolute Gasteiger partial charge is 0.465 e. The standard InChI is InChI=1S/C16H13N3O4S/c1-8-13(15(22)23-2)24-16(18-8)19-14(21)10-7-17-11-6-4-3-5-9(11)12(10)20/h3-7H,1-2H3,(H,17,20)(H,18,19,21). The second-order valence-corrected chi connectivity index (χ2v) is 5.96. The van der Waals surface area contributed by atoms with Crippen molar-refractivity contribution in [1.82, 2.24) is 9.97 Å². The summed E-state index contributed by atoms with van der Waals surface area (Å²) < 4.78 is 4.65. The molecule has 1 aromatic carbocycles. The van der Waals surface area contributed by atoms with Gasteiger partial charge in [0.05, 0.1) is 12.8 Å². The van der Waals surface area contributed by atoms with Crippen molar-refractivity contribution in [1.29, 1.82) is 0 Å². The zero-order valence-electron chi connectivity index (χ0n) is 12.9. The van der Waals surface area contributed by atoms with Gasteiger partial charge in [-0.3, -0.25) is 14.9 Å². The number of carbonyl (C=O) groups excluding carboxylic acids is 2. The maximum absolute atomic E-state index is 12.4. The number of nitrogens with zero attached hydrogens (tertiary/aromatic N) is 1. The van der Waals surface area contributed by atoms with E-state index in [2.05, 4.69) is 20.0 Å². The summed E-state index contributed by atoms with van der Waals surface area (Å²) in [4.78, 5) is 43.7. The Bertz CT molecular complexity index is 1010. The molecule has 0 aliphatic rings. The fraction of sp³-hybridized carbons (Fsp3) is 0.125. The van der Waals surface area contributed by atoms with Gasteiger partial charge in [0.1, 0.15) is 10.4 Å². The van der Waals surface area contributed by atoms with E-state index < -0.39 is 11.9 Å². The van der Waals surface area contributed by atoms with Crippen LogP contribution in [0.1, 0.15) is 25.7 Å². The number of aromatic nitrogens is 2. The van der Waals surface area contributed by atoms with Crippen LogP contribution in [0.4, 0.5) is 5.13 Å². The highest BCUT2D eigenvalue weighted by molar-refractivity contribution is 7.17. The van der Waals surface area contributed by atoms with E-state index in [9.17, 15) is 14.4 Å². The Hall–Kier alpha value is -3.00. The Morgan fingerprint density at radius 3 is 2.79 bits per heavy atom. The average Bonchev–Trinajstić information content (AvgIpc) is 2.95. The topological polar surface area (TPSA) is 101 Å². The van der Waals surface area contributed by atoms with Crippen LogP contribution in [0.25, 0.3) is 10.9 Å². The van der Waals surface area contributed by atoms with Crippen LogP contribution in [0.5, 0.6) is 0 Å². The maximum Gasteiger partial charge on any atom is 0.350 e. The number of fused-ring (bicyclic) bond motifs is 1. The molecule has 2 aromatic heterocycles. The molecule has 0 aliphatic heterocycles. The predicted octanol–water partition coefficient (Wildman–Crippen LogP) is 2.33. The van der Waals surface area contributed by atoms with Gasteiger partial charge in [0, 0.05) is 17.1 Å². The first-order chi connectivity index (χ1) is 11.5. The lowest BCUT2D eigenvalue weighted by atomic mass is 10.1. The van der Waals surface area contributed by atoms with Gasteiger partial charge in [-0.25, -0.2) is 9.78 Å². The molecule has 2 N–H and O–H groups in total. The highest BCUT2D eigenvalue weighted by atomic mass is 32.1. The summed E-state index contributed by atoms with van der Waals surface area (Å²) in [5.41, 5.74) is 0.705. The van der Waals surface area contributed by atoms with Crippen molar-refractivity contribution in [3.8, 4) is 0 Å². The minimum atomic E-state index is -0.591. The molecule has 0 fully saturated rings. The van der Waals surface area contributed by atoms with E-state index >= 15 is 0 Å². The second kappa shape index (κ2) is 6.25. The molecule has 122 valence electrons. The number of thiazole rings is 1. The first-order valence-corrected chi connectivity index (χ1v) is 7.80. The number of hydrogen-bond donors (Lipinski definition) is 2. The number of carbonyl (C=O) groups is 2. The third-order valence-electron chi connectivity index (χ3n) is 3.42. The molecule has 1 amide bonds. The van der Waals surface area contributed by atoms with Gasteiger partial charge < -0.3 is 9.72 Å². The van der Waals surface area contributed by atoms with E-state index in [4.69, 9.17) is 0 Å². The Morgan fingerprint density at radius 2 is 2.04 bits per heavy atom. The highest BCUT2D eigenvalue weighted by Gasteiger charge is 2.19. The third kappa shape index (κ3) is 2.79. The number of esters is 1. The number of para-hydroxylation sites is 1. The number of pyridine rings is 1. The maximum atomic E-state index is 12.4. The van der Waals surface area contributed by atoms with Gasteiger partial charge in [-0.2, -0.15) is 0 Å². The van der Waals surface area contributed by atoms with Gasteiger partial charge in [0.25, 0.3) is 5.91 Å². The second-order valence-electron chi connectivity index (χ2n) is 4.96. The van der Waals surface area contributed by atoms with Gasteiger partial charge in [0.15, 0.2) is 5.13 Å². The summed E-state index contributed by atoms with van der Waals surface area (Å²) in [7, 11) is 1.27. The summed E-state index contributed by atoms with van der Waals surface area (Å²) in [6.45, 7) is 1.64. The summed E-state index contributed by atoms with van der Waals surface area (Å²) in [6.07, 6.45) is 1.36. The molecule has 0 radical (unpaired) electrons. The van der Waals surface area contributed by atoms with Crippen LogP contribution in [-0.4, -0.2) is 29.0 Å². The number of benzene rings is 1. The minimum absolute atomic E-state index is 0.0267. The fourth-order valence-corrected chi connectivity index (χ4v) is 3.11. The van der Waals surface area contributed by atoms with Crippen molar-refractivity contribution >= 4 is 39.2 Å². The lowest BCUT2D eigenvalue weighted by molar-refractivity contribution is 0.0605. The molecule has 0 aliphatic carbocycles. The highest BCUT2D eigenvalue weighted by Crippen LogP contribution is 2.23. The van der Waals surface area contributed by atoms with Crippen LogP contribution in [0.2, 0.25) is 0 Å². The van der Waals surface area contributed by atoms with E-state index in [-0.39, 0.29) is 16.1 Å². The molecule has 0 unspecified atom stereocenters. The smallest absolute Gasteiger partial charge is 0.350 e. The van der Waals surface area contributed by atoms with Gasteiger partial charge in [-0.1, -0.05) is 23.5 Å². The predicted molar refractivity (Wildman–Crippen MR) is 90.7 cm³/mol. The number of amides is 1. The van der Waals surface area contributed by atoms with E-state index in [0.717, 1.165) is 11.3 Å². The summed E-state index contributed by atoms with van der Waals surface area (Å²) in [5, 5.41) is 3.20. The van der Waals surface area contributed by atoms with Crippen molar-refractivity contribution in [2.45, 2.75) is 6.92 Å². The van der Waals surface area contributed by atoms with Crippen molar-refractivity contribution in [3.05, 3.63) is 56.8 Å². The minimum Gasteiger partial charge on any atom is -0.465 e. The lowest BCUT2D eigenvalue weighted by Gasteiger charge is -2.03. The number of methoxy groups -OCH3 is 1. The molecule has 0 saturated heterocycles. The molecule has 24 heavy (non-hydrogen) atoms. The van der Waals surface area contributed by atoms with E-state index in [0.29, 0.717) is 21.5 Å². The number of aryl methyl sites for hydroxylation is 1. The quantitative estimate of drug-likeness (QED) is 0.711. The van der Waals surface area contributed by atoms with Crippen molar-refractivity contribution in [3.63, 3.8) is 0 Å². The number of H-pyrrole nitrogens is 1. The molecule has 0 bridgehead atoms. The normalized spacial score (nSPS) is 10.6. The van der Waals surface area contributed by atoms with E-state index in [1.807, 2.05) is 0 Å². The Labute approximate surface area is 140 Å². The molecular formula is C16H13N3O4S. The van der Waals surface area contributed by atoms with Crippen LogP contribution >= 0.6 is 11.3 Å². The molecule has 0 atom stereocenters. The Morgan fingerprint density at radius 1 is 1.29 bits per heavy atom. The first kappa shape index (κ1) is 15.9. The summed E-state index contributed by atoms with van der Waals surface area (Å²) >= 11 is 0.995. The number of anilines is 1. The van der Waals surface area contributed by atoms with E-state index in [1.54, 1.807) is 31.2 Å². The molecule has 7 nitrogen and oxygen atoms in total. The molecule has 3 rings (SSSR count). The van der Waals surface area contributed by atoms with Gasteiger partial charge in [-0.05, 0) is 19.1 Å². The summed E-state index contributed by atoms with van der Waals surface area (Å²) in [5.74, 6) is -1.11. The number of hydrogen-bond acceptors (Lipinski definition) is 6. The number of rotatable bonds is 3. The van der Waals surface area contributed by atoms with Crippen LogP contribution in [0, 0.1) is 6.92 Å². The average molecular weight is 343 g/mol. The number of aromatic amines is 1. The van der Waals surface area contributed by atoms with Gasteiger partial charge in [-0.15, -0.1) is 0 Å². The zero-order valence-corrected chi connectivity index (χ0v) is 13.7. The summed E-state index contributed by atoms with van der Waals surface area (Å²) in [6, 6.07) is 6.93. The molecule has 0 spiro atoms. The molecule has 2 heterocycles. The SMILES string of the molecule is COC(=O)c1sc(NC(=O)c2c[nH]c3ccccc3c2=O)nc1C. The van der Waals surface area contributed by atoms with E-state index in [1.165, 1.54) is 13.3 Å². The molecule has 0 saturated carbocycles. The Balaban J connectivity index is 1.92. The van der Waals surface area contributed by atoms with Crippen LogP contribution in [-0.2, 0) is 4.74 Å². The zero-order chi connectivity index (χ0) is 17.3. The van der Waals surface area contributed by atoms with Gasteiger partial charge in [0.2, 0.25) is 5.43 Å². The van der Waals surface area contributed by atoms with Gasteiger partial charge >= 0.3 is 5.97 Å². The van der Waals surface area contributed by atoms with Crippen LogP contribution < -0.4 is 10.7 Å². The molecule has 8 heteroatoms. The van der Waals surface area contributed by atoms with Crippen LogP contribution in [0.15, 0.2) is 35.3 Å². The van der Waals surface area contributed by atoms with Crippen LogP contribution in [0.3, 0.4) is 0 Å². The van der Waals surface area contributed by atoms with Crippen molar-refractivity contribution < 1.29 is 14.3 Å². The molecule has 3 aromatic rings. The number of ether oxygens (including phenoxy) is 1. The first-order valence-electron chi connectivity index (χ1n) is 6.98. The van der Waals surface area contributed by atoms with Crippen molar-refractivity contribution in [2.24, 2.45) is 0 Å². The number of nitrogens with one attached hydrogen (secondary N) is 2.